The summed E-state index contributed by atoms with van der Waals surface area (Å²) in [6, 6.07) is 0. The van der Waals surface area contributed by atoms with Crippen LogP contribution in [0, 0.1) is 16.7 Å². The summed E-state index contributed by atoms with van der Waals surface area (Å²) in [5, 5.41) is 9.01. The average molecular weight is 388 g/mol. The minimum Gasteiger partial charge on any atom is -0.478 e. The molecule has 1 N–H and O–H groups in total. The molecule has 2 unspecified atom stereocenters. The molecule has 6 heteroatoms. The Labute approximate surface area is 165 Å². The van der Waals surface area contributed by atoms with Gasteiger partial charge in [-0.1, -0.05) is 25.2 Å². The molecule has 0 aromatic rings. The van der Waals surface area contributed by atoms with Crippen LogP contribution in [0.25, 0.3) is 0 Å². The molecule has 152 valence electrons. The summed E-state index contributed by atoms with van der Waals surface area (Å²) < 4.78 is 10.8. The number of hydrogen-bond acceptors (Lipinski definition) is 5. The number of esters is 2. The lowest BCUT2D eigenvalue weighted by atomic mass is 9.56. The van der Waals surface area contributed by atoms with E-state index in [1.165, 1.54) is 20.1 Å². The van der Waals surface area contributed by atoms with Crippen LogP contribution in [0.5, 0.6) is 0 Å². The zero-order valence-electron chi connectivity index (χ0n) is 16.9. The Bertz CT molecular complexity index is 806. The molecule has 28 heavy (non-hydrogen) atoms. The first-order valence-electron chi connectivity index (χ1n) is 9.70. The lowest BCUT2D eigenvalue weighted by Gasteiger charge is -2.53. The highest BCUT2D eigenvalue weighted by Crippen LogP contribution is 2.68. The van der Waals surface area contributed by atoms with Gasteiger partial charge in [-0.15, -0.1) is 0 Å². The number of aliphatic carboxylic acids is 1. The minimum absolute atomic E-state index is 0.0953. The second-order valence-electron chi connectivity index (χ2n) is 8.60. The number of rotatable bonds is 4. The SMILES string of the molecule is COC(=O)C1=CC[C@]23CCC(C2(C)CC1)[C@](C)(/C=C/C=C(\C)C(=O)O)OC3=O. The van der Waals surface area contributed by atoms with E-state index in [-0.39, 0.29) is 28.8 Å². The monoisotopic (exact) mass is 388 g/mol. The molecule has 4 atom stereocenters. The lowest BCUT2D eigenvalue weighted by Crippen LogP contribution is -2.58. The molecular weight excluding hydrogens is 360 g/mol. The predicted octanol–water partition coefficient (Wildman–Crippen LogP) is 3.58. The van der Waals surface area contributed by atoms with Gasteiger partial charge in [-0.2, -0.15) is 0 Å². The third-order valence-corrected chi connectivity index (χ3v) is 7.29. The Hall–Kier alpha value is -2.37. The van der Waals surface area contributed by atoms with Gasteiger partial charge in [-0.3, -0.25) is 4.79 Å². The van der Waals surface area contributed by atoms with Crippen LogP contribution < -0.4 is 0 Å². The van der Waals surface area contributed by atoms with Gasteiger partial charge in [0.25, 0.3) is 0 Å². The van der Waals surface area contributed by atoms with Gasteiger partial charge in [0, 0.05) is 17.1 Å². The highest BCUT2D eigenvalue weighted by Gasteiger charge is 2.69. The van der Waals surface area contributed by atoms with Crippen LogP contribution >= 0.6 is 0 Å². The Morgan fingerprint density at radius 2 is 2.04 bits per heavy atom. The fourth-order valence-corrected chi connectivity index (χ4v) is 5.50. The smallest absolute Gasteiger partial charge is 0.333 e. The molecule has 0 amide bonds. The summed E-state index contributed by atoms with van der Waals surface area (Å²) in [5.74, 6) is -1.44. The fourth-order valence-electron chi connectivity index (χ4n) is 5.50. The van der Waals surface area contributed by atoms with Crippen molar-refractivity contribution >= 4 is 17.9 Å². The van der Waals surface area contributed by atoms with Crippen LogP contribution in [-0.2, 0) is 23.9 Å². The van der Waals surface area contributed by atoms with Crippen molar-refractivity contribution in [2.24, 2.45) is 16.7 Å². The fraction of sp³-hybridized carbons (Fsp3) is 0.591. The van der Waals surface area contributed by atoms with Crippen LogP contribution in [0.4, 0.5) is 0 Å². The summed E-state index contributed by atoms with van der Waals surface area (Å²) in [7, 11) is 1.37. The first-order chi connectivity index (χ1) is 13.1. The van der Waals surface area contributed by atoms with Crippen molar-refractivity contribution in [3.05, 3.63) is 35.5 Å². The Morgan fingerprint density at radius 3 is 2.68 bits per heavy atom. The van der Waals surface area contributed by atoms with Crippen molar-refractivity contribution in [1.29, 1.82) is 0 Å². The van der Waals surface area contributed by atoms with Crippen LogP contribution in [0.15, 0.2) is 35.5 Å². The number of carboxylic acids is 1. The molecule has 1 aliphatic heterocycles. The maximum Gasteiger partial charge on any atom is 0.333 e. The van der Waals surface area contributed by atoms with Gasteiger partial charge in [0.15, 0.2) is 0 Å². The number of hydrogen-bond donors (Lipinski definition) is 1. The molecule has 2 bridgehead atoms. The van der Waals surface area contributed by atoms with E-state index in [4.69, 9.17) is 14.6 Å². The quantitative estimate of drug-likeness (QED) is 0.450. The van der Waals surface area contributed by atoms with E-state index >= 15 is 0 Å². The van der Waals surface area contributed by atoms with Gasteiger partial charge in [0.05, 0.1) is 12.5 Å². The van der Waals surface area contributed by atoms with Gasteiger partial charge in [0.2, 0.25) is 0 Å². The minimum atomic E-state index is -0.979. The van der Waals surface area contributed by atoms with E-state index in [2.05, 4.69) is 6.92 Å². The van der Waals surface area contributed by atoms with Crippen molar-refractivity contribution in [3.63, 3.8) is 0 Å². The molecule has 0 spiro atoms. The second kappa shape index (κ2) is 6.90. The molecule has 2 fully saturated rings. The lowest BCUT2D eigenvalue weighted by molar-refractivity contribution is -0.202. The topological polar surface area (TPSA) is 89.9 Å². The van der Waals surface area contributed by atoms with E-state index in [0.29, 0.717) is 24.8 Å². The molecule has 1 saturated heterocycles. The van der Waals surface area contributed by atoms with Crippen molar-refractivity contribution in [1.82, 2.24) is 0 Å². The summed E-state index contributed by atoms with van der Waals surface area (Å²) in [4.78, 5) is 36.2. The molecule has 3 rings (SSSR count). The molecule has 0 aromatic heterocycles. The van der Waals surface area contributed by atoms with Crippen molar-refractivity contribution in [2.45, 2.75) is 58.5 Å². The molecule has 2 aliphatic carbocycles. The maximum absolute atomic E-state index is 13.2. The molecule has 6 nitrogen and oxygen atoms in total. The van der Waals surface area contributed by atoms with Gasteiger partial charge >= 0.3 is 17.9 Å². The zero-order valence-corrected chi connectivity index (χ0v) is 16.9. The van der Waals surface area contributed by atoms with Crippen molar-refractivity contribution in [2.75, 3.05) is 7.11 Å². The molecule has 1 saturated carbocycles. The standard InChI is InChI=1S/C22H28O6/c1-14(17(23)24)6-5-10-21(3)16-9-13-22(19(26)28-21)12-8-15(18(25)27-4)7-11-20(16,22)2/h5-6,8,10,16H,7,9,11-13H2,1-4H3,(H,23,24)/b10-5+,14-6+/t16?,20?,21-,22+/m0/s1. The first kappa shape index (κ1) is 20.4. The Morgan fingerprint density at radius 1 is 1.32 bits per heavy atom. The largest absolute Gasteiger partial charge is 0.478 e. The number of cyclic esters (lactones) is 1. The molecule has 0 radical (unpaired) electrons. The number of carbonyl (C=O) groups is 3. The molecule has 3 aliphatic rings. The van der Waals surface area contributed by atoms with Gasteiger partial charge < -0.3 is 14.6 Å². The Kier molecular flexibility index (Phi) is 5.02. The number of carboxylic acid groups (broad SMARTS) is 1. The number of methoxy groups -OCH3 is 1. The number of carbonyl (C=O) groups excluding carboxylic acids is 2. The highest BCUT2D eigenvalue weighted by molar-refractivity contribution is 5.89. The highest BCUT2D eigenvalue weighted by atomic mass is 16.6. The van der Waals surface area contributed by atoms with E-state index in [1.54, 1.807) is 6.08 Å². The van der Waals surface area contributed by atoms with Gasteiger partial charge in [0.1, 0.15) is 5.60 Å². The molecular formula is C22H28O6. The van der Waals surface area contributed by atoms with E-state index in [9.17, 15) is 14.4 Å². The maximum atomic E-state index is 13.2. The van der Waals surface area contributed by atoms with Gasteiger partial charge in [-0.25, -0.2) is 9.59 Å². The normalized spacial score (nSPS) is 37.7. The van der Waals surface area contributed by atoms with E-state index < -0.39 is 17.0 Å². The number of allylic oxidation sites excluding steroid dienone is 3. The molecule has 0 aromatic carbocycles. The second-order valence-corrected chi connectivity index (χ2v) is 8.60. The summed E-state index contributed by atoms with van der Waals surface area (Å²) in [6.45, 7) is 5.56. The average Bonchev–Trinajstić information content (AvgIpc) is 2.77. The van der Waals surface area contributed by atoms with E-state index in [1.807, 2.05) is 19.1 Å². The van der Waals surface area contributed by atoms with Crippen LogP contribution in [0.1, 0.15) is 52.9 Å². The zero-order chi connectivity index (χ0) is 20.7. The molecule has 1 heterocycles. The van der Waals surface area contributed by atoms with Crippen LogP contribution in [0.2, 0.25) is 0 Å². The van der Waals surface area contributed by atoms with E-state index in [0.717, 1.165) is 12.8 Å². The summed E-state index contributed by atoms with van der Waals surface area (Å²) >= 11 is 0. The Balaban J connectivity index is 1.95. The predicted molar refractivity (Wildman–Crippen MR) is 102 cm³/mol. The van der Waals surface area contributed by atoms with Crippen molar-refractivity contribution in [3.8, 4) is 0 Å². The summed E-state index contributed by atoms with van der Waals surface area (Å²) in [5.41, 5.74) is -0.887. The van der Waals surface area contributed by atoms with Gasteiger partial charge in [-0.05, 0) is 57.4 Å². The third kappa shape index (κ3) is 2.90. The van der Waals surface area contributed by atoms with Crippen LogP contribution in [-0.4, -0.2) is 35.7 Å². The van der Waals surface area contributed by atoms with Crippen molar-refractivity contribution < 1.29 is 29.0 Å². The van der Waals surface area contributed by atoms with Crippen LogP contribution in [0.3, 0.4) is 0 Å². The summed E-state index contributed by atoms with van der Waals surface area (Å²) in [6.07, 6.45) is 10.2. The first-order valence-corrected chi connectivity index (χ1v) is 9.70. The third-order valence-electron chi connectivity index (χ3n) is 7.29. The number of ether oxygens (including phenoxy) is 2.